The third kappa shape index (κ3) is 3.03. The van der Waals surface area contributed by atoms with Gasteiger partial charge in [0.25, 0.3) is 0 Å². The van der Waals surface area contributed by atoms with Crippen LogP contribution in [0.15, 0.2) is 30.3 Å². The molecular weight excluding hydrogens is 258 g/mol. The number of hydrogen-bond acceptors (Lipinski definition) is 2. The zero-order valence-electron chi connectivity index (χ0n) is 13.6. The lowest BCUT2D eigenvalue weighted by Gasteiger charge is -2.32. The number of rotatable bonds is 2. The van der Waals surface area contributed by atoms with Crippen molar-refractivity contribution >= 4 is 0 Å². The lowest BCUT2D eigenvalue weighted by atomic mass is 9.95. The smallest absolute Gasteiger partial charge is 0.140 e. The van der Waals surface area contributed by atoms with Gasteiger partial charge in [-0.05, 0) is 5.41 Å². The molecule has 0 radical (unpaired) electrons. The third-order valence-corrected chi connectivity index (χ3v) is 4.06. The molecule has 21 heavy (non-hydrogen) atoms. The van der Waals surface area contributed by atoms with Crippen LogP contribution in [0.5, 0.6) is 0 Å². The van der Waals surface area contributed by atoms with Crippen molar-refractivity contribution in [1.29, 1.82) is 0 Å². The number of benzene rings is 1. The molecule has 112 valence electrons. The first-order valence-electron chi connectivity index (χ1n) is 7.76. The highest BCUT2D eigenvalue weighted by Crippen LogP contribution is 2.27. The van der Waals surface area contributed by atoms with Crippen molar-refractivity contribution in [3.05, 3.63) is 41.7 Å². The van der Waals surface area contributed by atoms with Gasteiger partial charge in [0, 0.05) is 38.7 Å². The van der Waals surface area contributed by atoms with E-state index in [1.54, 1.807) is 0 Å². The largest absolute Gasteiger partial charge is 0.330 e. The Bertz CT molecular complexity index is 620. The summed E-state index contributed by atoms with van der Waals surface area (Å²) in [5.74, 6) is 1.10. The molecule has 1 aliphatic heterocycles. The molecule has 0 saturated carbocycles. The van der Waals surface area contributed by atoms with Crippen molar-refractivity contribution in [2.75, 3.05) is 13.1 Å². The first-order chi connectivity index (χ1) is 9.94. The van der Waals surface area contributed by atoms with Gasteiger partial charge >= 0.3 is 0 Å². The van der Waals surface area contributed by atoms with Crippen molar-refractivity contribution in [1.82, 2.24) is 14.5 Å². The highest BCUT2D eigenvalue weighted by Gasteiger charge is 2.25. The summed E-state index contributed by atoms with van der Waals surface area (Å²) in [6.07, 6.45) is 1.06. The Balaban J connectivity index is 1.88. The first-order valence-corrected chi connectivity index (χ1v) is 7.76. The number of nitrogens with zero attached hydrogens (tertiary/aromatic N) is 3. The lowest BCUT2D eigenvalue weighted by molar-refractivity contribution is 0.173. The Kier molecular flexibility index (Phi) is 3.62. The van der Waals surface area contributed by atoms with Gasteiger partial charge < -0.3 is 4.57 Å². The van der Waals surface area contributed by atoms with Crippen LogP contribution in [0.25, 0.3) is 11.4 Å². The van der Waals surface area contributed by atoms with Gasteiger partial charge in [-0.25, -0.2) is 4.98 Å². The monoisotopic (exact) mass is 283 g/mol. The summed E-state index contributed by atoms with van der Waals surface area (Å²) < 4.78 is 2.28. The predicted molar refractivity (Wildman–Crippen MR) is 87.1 cm³/mol. The van der Waals surface area contributed by atoms with Crippen LogP contribution in [0.4, 0.5) is 0 Å². The second-order valence-corrected chi connectivity index (χ2v) is 7.28. The number of aromatic nitrogens is 2. The highest BCUT2D eigenvalue weighted by atomic mass is 15.2. The predicted octanol–water partition coefficient (Wildman–Crippen LogP) is 3.49. The Hall–Kier alpha value is -1.61. The molecule has 0 amide bonds. The maximum atomic E-state index is 4.89. The summed E-state index contributed by atoms with van der Waals surface area (Å²) in [6.45, 7) is 10.2. The van der Waals surface area contributed by atoms with Crippen LogP contribution >= 0.6 is 0 Å². The molecule has 0 aliphatic carbocycles. The maximum absolute atomic E-state index is 4.89. The van der Waals surface area contributed by atoms with Crippen LogP contribution in [0.3, 0.4) is 0 Å². The zero-order valence-corrected chi connectivity index (χ0v) is 13.6. The van der Waals surface area contributed by atoms with E-state index < -0.39 is 0 Å². The van der Waals surface area contributed by atoms with Crippen LogP contribution in [0.2, 0.25) is 0 Å². The molecule has 0 saturated heterocycles. The summed E-state index contributed by atoms with van der Waals surface area (Å²) in [4.78, 5) is 7.44. The van der Waals surface area contributed by atoms with Crippen LogP contribution in [-0.2, 0) is 20.0 Å². The SMILES string of the molecule is Cn1c(-c2ccccc2)nc2c1CN(CC(C)(C)C)CC2. The van der Waals surface area contributed by atoms with Crippen LogP contribution < -0.4 is 0 Å². The second-order valence-electron chi connectivity index (χ2n) is 7.28. The molecule has 2 aromatic rings. The van der Waals surface area contributed by atoms with Crippen molar-refractivity contribution in [3.63, 3.8) is 0 Å². The molecule has 0 spiro atoms. The minimum absolute atomic E-state index is 0.346. The molecular formula is C18H25N3. The molecule has 0 unspecified atom stereocenters. The van der Waals surface area contributed by atoms with Crippen molar-refractivity contribution in [3.8, 4) is 11.4 Å². The Morgan fingerprint density at radius 3 is 2.52 bits per heavy atom. The second kappa shape index (κ2) is 5.30. The zero-order chi connectivity index (χ0) is 15.0. The molecule has 0 N–H and O–H groups in total. The van der Waals surface area contributed by atoms with E-state index in [1.165, 1.54) is 17.0 Å². The van der Waals surface area contributed by atoms with Crippen molar-refractivity contribution in [2.24, 2.45) is 12.5 Å². The quantitative estimate of drug-likeness (QED) is 0.841. The van der Waals surface area contributed by atoms with Gasteiger partial charge in [0.1, 0.15) is 5.82 Å². The van der Waals surface area contributed by atoms with E-state index in [0.717, 1.165) is 31.9 Å². The van der Waals surface area contributed by atoms with E-state index in [4.69, 9.17) is 4.98 Å². The van der Waals surface area contributed by atoms with Crippen molar-refractivity contribution in [2.45, 2.75) is 33.7 Å². The molecule has 1 aromatic carbocycles. The van der Waals surface area contributed by atoms with E-state index in [1.807, 2.05) is 0 Å². The number of imidazole rings is 1. The molecule has 1 aromatic heterocycles. The Morgan fingerprint density at radius 1 is 1.14 bits per heavy atom. The summed E-state index contributed by atoms with van der Waals surface area (Å²) in [5, 5.41) is 0. The van der Waals surface area contributed by atoms with Crippen LogP contribution in [0, 0.1) is 5.41 Å². The van der Waals surface area contributed by atoms with E-state index in [0.29, 0.717) is 5.41 Å². The van der Waals surface area contributed by atoms with Crippen LogP contribution in [0.1, 0.15) is 32.2 Å². The Morgan fingerprint density at radius 2 is 1.86 bits per heavy atom. The first kappa shape index (κ1) is 14.3. The van der Waals surface area contributed by atoms with Gasteiger partial charge in [0.05, 0.1) is 11.4 Å². The van der Waals surface area contributed by atoms with Gasteiger partial charge in [0.2, 0.25) is 0 Å². The minimum atomic E-state index is 0.346. The molecule has 0 fully saturated rings. The molecule has 2 heterocycles. The maximum Gasteiger partial charge on any atom is 0.140 e. The number of fused-ring (bicyclic) bond motifs is 1. The molecule has 0 bridgehead atoms. The van der Waals surface area contributed by atoms with Gasteiger partial charge in [-0.3, -0.25) is 4.90 Å². The van der Waals surface area contributed by atoms with E-state index in [9.17, 15) is 0 Å². The van der Waals surface area contributed by atoms with Crippen LogP contribution in [-0.4, -0.2) is 27.5 Å². The fraction of sp³-hybridized carbons (Fsp3) is 0.500. The summed E-state index contributed by atoms with van der Waals surface area (Å²) in [7, 11) is 2.15. The molecule has 0 atom stereocenters. The topological polar surface area (TPSA) is 21.1 Å². The minimum Gasteiger partial charge on any atom is -0.330 e. The summed E-state index contributed by atoms with van der Waals surface area (Å²) >= 11 is 0. The Labute approximate surface area is 127 Å². The van der Waals surface area contributed by atoms with E-state index >= 15 is 0 Å². The van der Waals surface area contributed by atoms with Gasteiger partial charge in [-0.2, -0.15) is 0 Å². The average molecular weight is 283 g/mol. The summed E-state index contributed by atoms with van der Waals surface area (Å²) in [6, 6.07) is 10.5. The van der Waals surface area contributed by atoms with E-state index in [2.05, 4.69) is 67.6 Å². The lowest BCUT2D eigenvalue weighted by Crippen LogP contribution is -2.37. The van der Waals surface area contributed by atoms with Gasteiger partial charge in [-0.1, -0.05) is 51.1 Å². The standard InChI is InChI=1S/C18H25N3/c1-18(2,3)13-21-11-10-15-16(12-21)20(4)17(19-15)14-8-6-5-7-9-14/h5-9H,10-13H2,1-4H3. The fourth-order valence-corrected chi connectivity index (χ4v) is 3.19. The van der Waals surface area contributed by atoms with Gasteiger partial charge in [0.15, 0.2) is 0 Å². The molecule has 3 nitrogen and oxygen atoms in total. The average Bonchev–Trinajstić information content (AvgIpc) is 2.75. The highest BCUT2D eigenvalue weighted by molar-refractivity contribution is 5.56. The molecule has 3 heteroatoms. The van der Waals surface area contributed by atoms with Crippen molar-refractivity contribution < 1.29 is 0 Å². The van der Waals surface area contributed by atoms with Gasteiger partial charge in [-0.15, -0.1) is 0 Å². The molecule has 3 rings (SSSR count). The normalized spacial score (nSPS) is 16.0. The fourth-order valence-electron chi connectivity index (χ4n) is 3.19. The summed E-state index contributed by atoms with van der Waals surface area (Å²) in [5.41, 5.74) is 4.21. The third-order valence-electron chi connectivity index (χ3n) is 4.06. The number of hydrogen-bond donors (Lipinski definition) is 0. The van der Waals surface area contributed by atoms with E-state index in [-0.39, 0.29) is 0 Å². The molecule has 1 aliphatic rings.